The van der Waals surface area contributed by atoms with Crippen LogP contribution in [0.15, 0.2) is 11.0 Å². The van der Waals surface area contributed by atoms with Gasteiger partial charge in [0.15, 0.2) is 0 Å². The molecule has 0 atom stereocenters. The molecule has 2 saturated heterocycles. The van der Waals surface area contributed by atoms with E-state index in [-0.39, 0.29) is 5.91 Å². The lowest BCUT2D eigenvalue weighted by atomic mass is 10.2. The molecule has 0 spiro atoms. The quantitative estimate of drug-likeness (QED) is 0.738. The summed E-state index contributed by atoms with van der Waals surface area (Å²) in [5.41, 5.74) is 2.15. The number of hydrogen-bond donors (Lipinski definition) is 0. The van der Waals surface area contributed by atoms with Gasteiger partial charge in [0.05, 0.1) is 11.4 Å². The third-order valence-corrected chi connectivity index (χ3v) is 9.21. The first kappa shape index (κ1) is 20.6. The molecule has 0 saturated carbocycles. The number of carbonyl (C=O) groups excluding carboxylic acids is 1. The minimum atomic E-state index is -3.52. The van der Waals surface area contributed by atoms with E-state index < -0.39 is 10.0 Å². The Labute approximate surface area is 176 Å². The van der Waals surface area contributed by atoms with Crippen LogP contribution in [0.4, 0.5) is 0 Å². The van der Waals surface area contributed by atoms with Gasteiger partial charge >= 0.3 is 0 Å². The summed E-state index contributed by atoms with van der Waals surface area (Å²) in [4.78, 5) is 20.3. The van der Waals surface area contributed by atoms with E-state index in [1.807, 2.05) is 30.4 Å². The van der Waals surface area contributed by atoms with Gasteiger partial charge in [0.1, 0.15) is 14.8 Å². The fourth-order valence-corrected chi connectivity index (χ4v) is 7.02. The SMILES string of the molecule is Cc1nc(-c2cc(S(=O)(=O)N3CCCCC3)c(C)n2C)sc1C(=O)N1CCCC1. The molecule has 2 aromatic rings. The van der Waals surface area contributed by atoms with Crippen molar-refractivity contribution in [2.75, 3.05) is 26.2 Å². The molecular weight excluding hydrogens is 408 g/mol. The van der Waals surface area contributed by atoms with Crippen LogP contribution in [0.1, 0.15) is 53.2 Å². The van der Waals surface area contributed by atoms with Gasteiger partial charge in [0.25, 0.3) is 5.91 Å². The van der Waals surface area contributed by atoms with Gasteiger partial charge in [-0.2, -0.15) is 4.31 Å². The number of aryl methyl sites for hydroxylation is 1. The number of thiazole rings is 1. The summed E-state index contributed by atoms with van der Waals surface area (Å²) < 4.78 is 29.9. The molecule has 0 aliphatic carbocycles. The maximum atomic E-state index is 13.2. The van der Waals surface area contributed by atoms with Crippen molar-refractivity contribution < 1.29 is 13.2 Å². The monoisotopic (exact) mass is 436 g/mol. The molecule has 1 amide bonds. The molecule has 9 heteroatoms. The minimum absolute atomic E-state index is 0.0378. The van der Waals surface area contributed by atoms with E-state index in [0.717, 1.165) is 50.9 Å². The molecule has 4 rings (SSSR count). The molecule has 2 fully saturated rings. The van der Waals surface area contributed by atoms with Gasteiger partial charge in [-0.3, -0.25) is 4.79 Å². The Morgan fingerprint density at radius 3 is 2.31 bits per heavy atom. The highest BCUT2D eigenvalue weighted by atomic mass is 32.2. The molecule has 0 unspecified atom stereocenters. The smallest absolute Gasteiger partial charge is 0.265 e. The first-order valence-electron chi connectivity index (χ1n) is 10.2. The Morgan fingerprint density at radius 2 is 1.66 bits per heavy atom. The fourth-order valence-electron chi connectivity index (χ4n) is 4.15. The number of hydrogen-bond acceptors (Lipinski definition) is 5. The van der Waals surface area contributed by atoms with Crippen LogP contribution in [0.2, 0.25) is 0 Å². The maximum Gasteiger partial charge on any atom is 0.265 e. The van der Waals surface area contributed by atoms with E-state index in [2.05, 4.69) is 4.98 Å². The molecule has 7 nitrogen and oxygen atoms in total. The molecule has 2 aromatic heterocycles. The average Bonchev–Trinajstić information content (AvgIpc) is 3.43. The Bertz CT molecular complexity index is 1030. The highest BCUT2D eigenvalue weighted by Crippen LogP contribution is 2.34. The van der Waals surface area contributed by atoms with Crippen molar-refractivity contribution in [2.45, 2.75) is 50.8 Å². The van der Waals surface area contributed by atoms with Crippen LogP contribution in [-0.4, -0.2) is 59.3 Å². The van der Waals surface area contributed by atoms with Crippen LogP contribution in [0.5, 0.6) is 0 Å². The molecule has 2 aliphatic heterocycles. The highest BCUT2D eigenvalue weighted by molar-refractivity contribution is 7.89. The molecule has 4 heterocycles. The van der Waals surface area contributed by atoms with Crippen LogP contribution in [0.3, 0.4) is 0 Å². The Hall–Kier alpha value is -1.71. The molecular formula is C20H28N4O3S2. The highest BCUT2D eigenvalue weighted by Gasteiger charge is 2.31. The zero-order valence-corrected chi connectivity index (χ0v) is 18.9. The first-order valence-corrected chi connectivity index (χ1v) is 12.5. The second-order valence-corrected chi connectivity index (χ2v) is 10.8. The lowest BCUT2D eigenvalue weighted by Gasteiger charge is -2.25. The van der Waals surface area contributed by atoms with E-state index in [9.17, 15) is 13.2 Å². The largest absolute Gasteiger partial charge is 0.345 e. The third kappa shape index (κ3) is 3.64. The minimum Gasteiger partial charge on any atom is -0.345 e. The zero-order chi connectivity index (χ0) is 20.8. The van der Waals surface area contributed by atoms with E-state index in [1.54, 1.807) is 10.4 Å². The number of rotatable bonds is 4. The van der Waals surface area contributed by atoms with Crippen molar-refractivity contribution in [1.29, 1.82) is 0 Å². The average molecular weight is 437 g/mol. The molecule has 2 aliphatic rings. The third-order valence-electron chi connectivity index (χ3n) is 6.02. The number of likely N-dealkylation sites (tertiary alicyclic amines) is 1. The fraction of sp³-hybridized carbons (Fsp3) is 0.600. The standard InChI is InChI=1S/C20H28N4O3S2/c1-14-18(20(25)23-9-7-8-10-23)28-19(21-14)16-13-17(15(2)22(16)3)29(26,27)24-11-5-4-6-12-24/h13H,4-12H2,1-3H3. The van der Waals surface area contributed by atoms with Crippen LogP contribution >= 0.6 is 11.3 Å². The number of aromatic nitrogens is 2. The van der Waals surface area contributed by atoms with E-state index in [0.29, 0.717) is 39.3 Å². The van der Waals surface area contributed by atoms with Crippen LogP contribution in [-0.2, 0) is 17.1 Å². The summed E-state index contributed by atoms with van der Waals surface area (Å²) in [5.74, 6) is 0.0378. The van der Waals surface area contributed by atoms with Crippen molar-refractivity contribution in [1.82, 2.24) is 18.8 Å². The molecule has 0 aromatic carbocycles. The summed E-state index contributed by atoms with van der Waals surface area (Å²) in [7, 11) is -1.66. The van der Waals surface area contributed by atoms with Crippen LogP contribution in [0, 0.1) is 13.8 Å². The van der Waals surface area contributed by atoms with Gasteiger partial charge in [-0.05, 0) is 45.6 Å². The van der Waals surface area contributed by atoms with Gasteiger partial charge in [-0.25, -0.2) is 13.4 Å². The van der Waals surface area contributed by atoms with E-state index in [1.165, 1.54) is 11.3 Å². The topological polar surface area (TPSA) is 75.5 Å². The zero-order valence-electron chi connectivity index (χ0n) is 17.3. The first-order chi connectivity index (χ1) is 13.8. The summed E-state index contributed by atoms with van der Waals surface area (Å²) in [6.45, 7) is 6.44. The second-order valence-electron chi connectivity index (χ2n) is 7.94. The molecule has 0 N–H and O–H groups in total. The van der Waals surface area contributed by atoms with Crippen LogP contribution < -0.4 is 0 Å². The summed E-state index contributed by atoms with van der Waals surface area (Å²) in [6, 6.07) is 1.72. The van der Waals surface area contributed by atoms with Crippen molar-refractivity contribution in [3.8, 4) is 10.7 Å². The van der Waals surface area contributed by atoms with Gasteiger partial charge in [0, 0.05) is 38.9 Å². The van der Waals surface area contributed by atoms with Gasteiger partial charge < -0.3 is 9.47 Å². The van der Waals surface area contributed by atoms with Crippen molar-refractivity contribution in [3.05, 3.63) is 22.3 Å². The van der Waals surface area contributed by atoms with Crippen molar-refractivity contribution in [3.63, 3.8) is 0 Å². The number of sulfonamides is 1. The predicted molar refractivity (Wildman–Crippen MR) is 114 cm³/mol. The number of nitrogens with zero attached hydrogens (tertiary/aromatic N) is 4. The van der Waals surface area contributed by atoms with Gasteiger partial charge in [0.2, 0.25) is 10.0 Å². The summed E-state index contributed by atoms with van der Waals surface area (Å²) >= 11 is 1.36. The number of carbonyl (C=O) groups is 1. The number of amides is 1. The Morgan fingerprint density at radius 1 is 1.03 bits per heavy atom. The van der Waals surface area contributed by atoms with Gasteiger partial charge in [-0.1, -0.05) is 6.42 Å². The normalized spacial score (nSPS) is 18.5. The summed E-state index contributed by atoms with van der Waals surface area (Å²) in [6.07, 6.45) is 4.99. The van der Waals surface area contributed by atoms with E-state index in [4.69, 9.17) is 0 Å². The van der Waals surface area contributed by atoms with Crippen LogP contribution in [0.25, 0.3) is 10.7 Å². The lowest BCUT2D eigenvalue weighted by Crippen LogP contribution is -2.35. The predicted octanol–water partition coefficient (Wildman–Crippen LogP) is 3.18. The molecule has 0 radical (unpaired) electrons. The maximum absolute atomic E-state index is 13.2. The molecule has 158 valence electrons. The summed E-state index contributed by atoms with van der Waals surface area (Å²) in [5, 5.41) is 0.691. The van der Waals surface area contributed by atoms with E-state index >= 15 is 0 Å². The molecule has 29 heavy (non-hydrogen) atoms. The van der Waals surface area contributed by atoms with Gasteiger partial charge in [-0.15, -0.1) is 11.3 Å². The Balaban J connectivity index is 1.69. The number of piperidine rings is 1. The Kier molecular flexibility index (Phi) is 5.56. The second kappa shape index (κ2) is 7.85. The van der Waals surface area contributed by atoms with Crippen molar-refractivity contribution >= 4 is 27.3 Å². The van der Waals surface area contributed by atoms with Crippen molar-refractivity contribution in [2.24, 2.45) is 7.05 Å². The lowest BCUT2D eigenvalue weighted by molar-refractivity contribution is 0.0796. The molecule has 0 bridgehead atoms.